The van der Waals surface area contributed by atoms with Gasteiger partial charge in [0.1, 0.15) is 0 Å². The lowest BCUT2D eigenvalue weighted by molar-refractivity contribution is 1.12. The summed E-state index contributed by atoms with van der Waals surface area (Å²) in [6.45, 7) is 2.03. The molecule has 3 nitrogen and oxygen atoms in total. The molecular formula is C28H19N3S. The van der Waals surface area contributed by atoms with Crippen LogP contribution < -0.4 is 0 Å². The number of rotatable bonds is 3. The molecule has 0 fully saturated rings. The first-order chi connectivity index (χ1) is 15.7. The lowest BCUT2D eigenvalue weighted by atomic mass is 10.0. The zero-order valence-corrected chi connectivity index (χ0v) is 18.3. The van der Waals surface area contributed by atoms with E-state index in [1.54, 1.807) is 6.20 Å². The van der Waals surface area contributed by atoms with Crippen LogP contribution in [0.5, 0.6) is 0 Å². The topological polar surface area (TPSA) is 38.7 Å². The van der Waals surface area contributed by atoms with Gasteiger partial charge in [0.15, 0.2) is 5.82 Å². The predicted molar refractivity (Wildman–Crippen MR) is 134 cm³/mol. The second-order valence-electron chi connectivity index (χ2n) is 7.85. The second kappa shape index (κ2) is 7.66. The lowest BCUT2D eigenvalue weighted by Crippen LogP contribution is -1.95. The van der Waals surface area contributed by atoms with Crippen molar-refractivity contribution >= 4 is 31.5 Å². The van der Waals surface area contributed by atoms with Crippen LogP contribution in [0.2, 0.25) is 0 Å². The maximum Gasteiger partial charge on any atom is 0.160 e. The Labute approximate surface area is 190 Å². The zero-order valence-electron chi connectivity index (χ0n) is 17.5. The number of hydrogen-bond acceptors (Lipinski definition) is 4. The predicted octanol–water partition coefficient (Wildman–Crippen LogP) is 7.55. The highest BCUT2D eigenvalue weighted by molar-refractivity contribution is 7.25. The van der Waals surface area contributed by atoms with E-state index in [1.165, 1.54) is 20.2 Å². The van der Waals surface area contributed by atoms with Crippen molar-refractivity contribution in [3.8, 4) is 33.8 Å². The summed E-state index contributed by atoms with van der Waals surface area (Å²) in [4.78, 5) is 13.9. The van der Waals surface area contributed by atoms with E-state index >= 15 is 0 Å². The molecule has 6 rings (SSSR count). The van der Waals surface area contributed by atoms with Crippen molar-refractivity contribution < 1.29 is 0 Å². The molecule has 32 heavy (non-hydrogen) atoms. The van der Waals surface area contributed by atoms with Gasteiger partial charge in [-0.25, -0.2) is 9.97 Å². The summed E-state index contributed by atoms with van der Waals surface area (Å²) < 4.78 is 2.59. The van der Waals surface area contributed by atoms with Crippen molar-refractivity contribution in [2.45, 2.75) is 6.92 Å². The Balaban J connectivity index is 1.42. The molecule has 3 aromatic heterocycles. The zero-order chi connectivity index (χ0) is 21.5. The van der Waals surface area contributed by atoms with Gasteiger partial charge in [0, 0.05) is 49.4 Å². The van der Waals surface area contributed by atoms with Crippen LogP contribution in [0.15, 0.2) is 97.3 Å². The van der Waals surface area contributed by atoms with Gasteiger partial charge < -0.3 is 0 Å². The quantitative estimate of drug-likeness (QED) is 0.291. The number of benzene rings is 3. The largest absolute Gasteiger partial charge is 0.264 e. The number of thiophene rings is 1. The van der Waals surface area contributed by atoms with Crippen molar-refractivity contribution in [1.29, 1.82) is 0 Å². The summed E-state index contributed by atoms with van der Waals surface area (Å²) in [7, 11) is 0. The van der Waals surface area contributed by atoms with Gasteiger partial charge in [-0.1, -0.05) is 48.5 Å². The van der Waals surface area contributed by atoms with Crippen LogP contribution in [-0.4, -0.2) is 15.0 Å². The van der Waals surface area contributed by atoms with Gasteiger partial charge in [0.25, 0.3) is 0 Å². The fourth-order valence-corrected chi connectivity index (χ4v) is 5.16. The highest BCUT2D eigenvalue weighted by Gasteiger charge is 2.11. The van der Waals surface area contributed by atoms with Gasteiger partial charge in [-0.2, -0.15) is 0 Å². The Kier molecular flexibility index (Phi) is 4.51. The molecule has 0 unspecified atom stereocenters. The summed E-state index contributed by atoms with van der Waals surface area (Å²) in [6, 6.07) is 29.6. The molecule has 152 valence electrons. The van der Waals surface area contributed by atoms with Crippen LogP contribution in [0.3, 0.4) is 0 Å². The van der Waals surface area contributed by atoms with E-state index in [-0.39, 0.29) is 0 Å². The molecule has 0 amide bonds. The summed E-state index contributed by atoms with van der Waals surface area (Å²) in [5, 5.41) is 2.55. The number of nitrogens with zero attached hydrogens (tertiary/aromatic N) is 3. The molecule has 0 saturated carbocycles. The van der Waals surface area contributed by atoms with Gasteiger partial charge in [-0.15, -0.1) is 11.3 Å². The monoisotopic (exact) mass is 429 g/mol. The average Bonchev–Trinajstić information content (AvgIpc) is 3.22. The first-order valence-corrected chi connectivity index (χ1v) is 11.3. The third kappa shape index (κ3) is 3.35. The van der Waals surface area contributed by atoms with Crippen LogP contribution in [0.4, 0.5) is 0 Å². The molecule has 0 spiro atoms. The van der Waals surface area contributed by atoms with Crippen LogP contribution in [0.25, 0.3) is 53.9 Å². The number of fused-ring (bicyclic) bond motifs is 3. The van der Waals surface area contributed by atoms with Crippen molar-refractivity contribution in [1.82, 2.24) is 15.0 Å². The van der Waals surface area contributed by atoms with Crippen LogP contribution in [0.1, 0.15) is 5.69 Å². The van der Waals surface area contributed by atoms with E-state index in [1.807, 2.05) is 36.6 Å². The molecule has 0 N–H and O–H groups in total. The molecule has 0 saturated heterocycles. The number of aromatic nitrogens is 3. The smallest absolute Gasteiger partial charge is 0.160 e. The number of pyridine rings is 1. The number of hydrogen-bond donors (Lipinski definition) is 0. The van der Waals surface area contributed by atoms with E-state index < -0.39 is 0 Å². The maximum atomic E-state index is 4.93. The Morgan fingerprint density at radius 3 is 2.25 bits per heavy atom. The summed E-state index contributed by atoms with van der Waals surface area (Å²) >= 11 is 1.82. The Morgan fingerprint density at radius 1 is 0.625 bits per heavy atom. The molecule has 3 heterocycles. The standard InChI is InChI=1S/C28H19N3S/c1-18-15-25(20-10-8-19(9-11-20)22-5-4-14-29-17-22)31-28(30-18)21-12-13-27-24(16-21)23-6-2-3-7-26(23)32-27/h2-17H,1H3. The second-order valence-corrected chi connectivity index (χ2v) is 8.93. The molecule has 0 bridgehead atoms. The third-order valence-electron chi connectivity index (χ3n) is 5.66. The summed E-state index contributed by atoms with van der Waals surface area (Å²) in [5.41, 5.74) is 6.25. The van der Waals surface area contributed by atoms with E-state index in [4.69, 9.17) is 9.97 Å². The molecule has 4 heteroatoms. The Bertz CT molecular complexity index is 1570. The third-order valence-corrected chi connectivity index (χ3v) is 6.82. The first kappa shape index (κ1) is 18.8. The van der Waals surface area contributed by atoms with Crippen molar-refractivity contribution in [2.24, 2.45) is 0 Å². The van der Waals surface area contributed by atoms with Crippen molar-refractivity contribution in [2.75, 3.05) is 0 Å². The maximum absolute atomic E-state index is 4.93. The van der Waals surface area contributed by atoms with Gasteiger partial charge in [-0.3, -0.25) is 4.98 Å². The van der Waals surface area contributed by atoms with Crippen LogP contribution in [0, 0.1) is 6.92 Å². The Morgan fingerprint density at radius 2 is 1.41 bits per heavy atom. The van der Waals surface area contributed by atoms with Gasteiger partial charge >= 0.3 is 0 Å². The van der Waals surface area contributed by atoms with E-state index in [2.05, 4.69) is 77.8 Å². The Hall–Kier alpha value is -3.89. The van der Waals surface area contributed by atoms with E-state index in [9.17, 15) is 0 Å². The van der Waals surface area contributed by atoms with Gasteiger partial charge in [-0.05, 0) is 54.4 Å². The van der Waals surface area contributed by atoms with Crippen molar-refractivity contribution in [3.05, 3.63) is 103 Å². The number of aryl methyl sites for hydroxylation is 1. The molecule has 0 aliphatic carbocycles. The highest BCUT2D eigenvalue weighted by Crippen LogP contribution is 2.36. The fraction of sp³-hybridized carbons (Fsp3) is 0.0357. The molecule has 0 atom stereocenters. The average molecular weight is 430 g/mol. The van der Waals surface area contributed by atoms with Gasteiger partial charge in [0.2, 0.25) is 0 Å². The van der Waals surface area contributed by atoms with Crippen LogP contribution >= 0.6 is 11.3 Å². The summed E-state index contributed by atoms with van der Waals surface area (Å²) in [6.07, 6.45) is 3.67. The van der Waals surface area contributed by atoms with Crippen LogP contribution in [-0.2, 0) is 0 Å². The normalized spacial score (nSPS) is 11.3. The minimum Gasteiger partial charge on any atom is -0.264 e. The van der Waals surface area contributed by atoms with E-state index in [0.717, 1.165) is 39.5 Å². The SMILES string of the molecule is Cc1cc(-c2ccc(-c3cccnc3)cc2)nc(-c2ccc3sc4ccccc4c3c2)n1. The minimum atomic E-state index is 0.758. The molecule has 0 aliphatic heterocycles. The van der Waals surface area contributed by atoms with E-state index in [0.29, 0.717) is 0 Å². The van der Waals surface area contributed by atoms with Gasteiger partial charge in [0.05, 0.1) is 5.69 Å². The molecule has 0 radical (unpaired) electrons. The first-order valence-electron chi connectivity index (χ1n) is 10.5. The lowest BCUT2D eigenvalue weighted by Gasteiger charge is -2.08. The molecular weight excluding hydrogens is 410 g/mol. The van der Waals surface area contributed by atoms with Crippen molar-refractivity contribution in [3.63, 3.8) is 0 Å². The fourth-order valence-electron chi connectivity index (χ4n) is 4.08. The minimum absolute atomic E-state index is 0.758. The molecule has 6 aromatic rings. The molecule has 3 aromatic carbocycles. The highest BCUT2D eigenvalue weighted by atomic mass is 32.1. The molecule has 0 aliphatic rings. The summed E-state index contributed by atoms with van der Waals surface area (Å²) in [5.74, 6) is 0.758.